The van der Waals surface area contributed by atoms with Gasteiger partial charge in [-0.2, -0.15) is 0 Å². The number of fused-ring (bicyclic) bond motifs is 1. The first-order valence-electron chi connectivity index (χ1n) is 5.67. The lowest BCUT2D eigenvalue weighted by Crippen LogP contribution is -2.13. The zero-order valence-electron chi connectivity index (χ0n) is 10.6. The minimum absolute atomic E-state index is 0.0783. The molecule has 0 saturated carbocycles. The average molecular weight is 238 g/mol. The second-order valence-electron chi connectivity index (χ2n) is 4.27. The molecule has 94 valence electrons. The van der Waals surface area contributed by atoms with Gasteiger partial charge in [-0.15, -0.1) is 0 Å². The molecule has 4 heteroatoms. The molecule has 2 rings (SSSR count). The Balaban J connectivity index is 2.55. The first-order valence-corrected chi connectivity index (χ1v) is 5.67. The molecule has 1 aliphatic rings. The van der Waals surface area contributed by atoms with E-state index in [0.29, 0.717) is 5.75 Å². The molecule has 0 unspecified atom stereocenters. The number of rotatable bonds is 3. The number of aliphatic hydroxyl groups is 1. The predicted molar refractivity (Wildman–Crippen MR) is 63.5 cm³/mol. The summed E-state index contributed by atoms with van der Waals surface area (Å²) in [6.07, 6.45) is -0.954. The van der Waals surface area contributed by atoms with Gasteiger partial charge in [0.05, 0.1) is 26.4 Å². The molecule has 1 aromatic carbocycles. The van der Waals surface area contributed by atoms with Gasteiger partial charge in [-0.25, -0.2) is 0 Å². The lowest BCUT2D eigenvalue weighted by atomic mass is 9.98. The van der Waals surface area contributed by atoms with E-state index in [0.717, 1.165) is 16.9 Å². The maximum Gasteiger partial charge on any atom is 0.128 e. The summed E-state index contributed by atoms with van der Waals surface area (Å²) in [5.41, 5.74) is 1.95. The van der Waals surface area contributed by atoms with Crippen LogP contribution in [0.4, 0.5) is 0 Å². The third-order valence-corrected chi connectivity index (χ3v) is 3.11. The first-order chi connectivity index (χ1) is 8.08. The van der Waals surface area contributed by atoms with Gasteiger partial charge in [0.15, 0.2) is 0 Å². The van der Waals surface area contributed by atoms with Crippen molar-refractivity contribution >= 4 is 0 Å². The first kappa shape index (κ1) is 12.2. The molecule has 1 aliphatic heterocycles. The number of aliphatic hydroxyl groups excluding tert-OH is 1. The molecular formula is C13H18O4. The van der Waals surface area contributed by atoms with E-state index < -0.39 is 6.10 Å². The van der Waals surface area contributed by atoms with E-state index in [1.54, 1.807) is 21.1 Å². The van der Waals surface area contributed by atoms with E-state index in [1.807, 2.05) is 19.1 Å². The minimum Gasteiger partial charge on any atom is -0.497 e. The van der Waals surface area contributed by atoms with Gasteiger partial charge in [-0.3, -0.25) is 0 Å². The molecule has 0 aliphatic carbocycles. The molecule has 1 N–H and O–H groups in total. The van der Waals surface area contributed by atoms with Crippen molar-refractivity contribution in [3.05, 3.63) is 23.3 Å². The normalized spacial score (nSPS) is 24.3. The number of benzene rings is 1. The van der Waals surface area contributed by atoms with Gasteiger partial charge in [-0.05, 0) is 25.5 Å². The molecule has 0 bridgehead atoms. The SMILES string of the molecule is COc1cc(OC)c2c(c1)[C@@H]([C@H](C)O)O[C@H]2C. The summed E-state index contributed by atoms with van der Waals surface area (Å²) in [6, 6.07) is 3.74. The van der Waals surface area contributed by atoms with E-state index in [1.165, 1.54) is 0 Å². The Labute approximate surface area is 101 Å². The van der Waals surface area contributed by atoms with Crippen LogP contribution >= 0.6 is 0 Å². The average Bonchev–Trinajstić information content (AvgIpc) is 2.66. The van der Waals surface area contributed by atoms with Gasteiger partial charge in [0.2, 0.25) is 0 Å². The largest absolute Gasteiger partial charge is 0.497 e. The van der Waals surface area contributed by atoms with Gasteiger partial charge in [-0.1, -0.05) is 0 Å². The van der Waals surface area contributed by atoms with E-state index in [-0.39, 0.29) is 12.2 Å². The molecular weight excluding hydrogens is 220 g/mol. The van der Waals surface area contributed by atoms with Crippen LogP contribution in [-0.4, -0.2) is 25.4 Å². The highest BCUT2D eigenvalue weighted by molar-refractivity contribution is 5.50. The monoisotopic (exact) mass is 238 g/mol. The summed E-state index contributed by atoms with van der Waals surface area (Å²) >= 11 is 0. The highest BCUT2D eigenvalue weighted by atomic mass is 16.5. The fourth-order valence-electron chi connectivity index (χ4n) is 2.31. The highest BCUT2D eigenvalue weighted by Crippen LogP contribution is 2.46. The molecule has 0 radical (unpaired) electrons. The Bertz CT molecular complexity index is 414. The minimum atomic E-state index is -0.560. The summed E-state index contributed by atoms with van der Waals surface area (Å²) in [7, 11) is 3.23. The van der Waals surface area contributed by atoms with Crippen LogP contribution in [0.25, 0.3) is 0 Å². The zero-order valence-corrected chi connectivity index (χ0v) is 10.6. The molecule has 3 atom stereocenters. The molecule has 1 aromatic rings. The number of methoxy groups -OCH3 is 2. The van der Waals surface area contributed by atoms with Crippen LogP contribution in [0.3, 0.4) is 0 Å². The zero-order chi connectivity index (χ0) is 12.6. The van der Waals surface area contributed by atoms with E-state index >= 15 is 0 Å². The summed E-state index contributed by atoms with van der Waals surface area (Å²) in [6.45, 7) is 3.68. The van der Waals surface area contributed by atoms with Gasteiger partial charge >= 0.3 is 0 Å². The van der Waals surface area contributed by atoms with Crippen LogP contribution in [0.1, 0.15) is 37.2 Å². The lowest BCUT2D eigenvalue weighted by molar-refractivity contribution is -0.0477. The Hall–Kier alpha value is -1.26. The van der Waals surface area contributed by atoms with E-state index in [4.69, 9.17) is 14.2 Å². The summed E-state index contributed by atoms with van der Waals surface area (Å²) in [5, 5.41) is 9.74. The van der Waals surface area contributed by atoms with Crippen LogP contribution in [0.15, 0.2) is 12.1 Å². The van der Waals surface area contributed by atoms with Crippen molar-refractivity contribution in [3.63, 3.8) is 0 Å². The van der Waals surface area contributed by atoms with Crippen molar-refractivity contribution < 1.29 is 19.3 Å². The Morgan fingerprint density at radius 3 is 2.53 bits per heavy atom. The standard InChI is InChI=1S/C13H18O4/c1-7(14)13-10-5-9(15-3)6-11(16-4)12(10)8(2)17-13/h5-8,13-14H,1-4H3/t7-,8-,13+/m0/s1. The van der Waals surface area contributed by atoms with Crippen LogP contribution in [-0.2, 0) is 4.74 Å². The molecule has 17 heavy (non-hydrogen) atoms. The molecule has 4 nitrogen and oxygen atoms in total. The third kappa shape index (κ3) is 1.98. The summed E-state index contributed by atoms with van der Waals surface area (Å²) < 4.78 is 16.3. The molecule has 0 saturated heterocycles. The van der Waals surface area contributed by atoms with E-state index in [9.17, 15) is 5.11 Å². The van der Waals surface area contributed by atoms with Crippen LogP contribution < -0.4 is 9.47 Å². The quantitative estimate of drug-likeness (QED) is 0.877. The van der Waals surface area contributed by atoms with Gasteiger partial charge in [0.1, 0.15) is 17.6 Å². The van der Waals surface area contributed by atoms with Gasteiger partial charge in [0, 0.05) is 11.6 Å². The van der Waals surface area contributed by atoms with Crippen molar-refractivity contribution in [2.75, 3.05) is 14.2 Å². The Morgan fingerprint density at radius 2 is 2.00 bits per heavy atom. The number of hydrogen-bond donors (Lipinski definition) is 1. The lowest BCUT2D eigenvalue weighted by Gasteiger charge is -2.15. The van der Waals surface area contributed by atoms with Crippen molar-refractivity contribution in [2.45, 2.75) is 32.2 Å². The Kier molecular flexibility index (Phi) is 3.26. The Morgan fingerprint density at radius 1 is 1.29 bits per heavy atom. The number of ether oxygens (including phenoxy) is 3. The van der Waals surface area contributed by atoms with Crippen LogP contribution in [0.5, 0.6) is 11.5 Å². The van der Waals surface area contributed by atoms with E-state index in [2.05, 4.69) is 0 Å². The fourth-order valence-corrected chi connectivity index (χ4v) is 2.31. The van der Waals surface area contributed by atoms with Crippen molar-refractivity contribution in [3.8, 4) is 11.5 Å². The fraction of sp³-hybridized carbons (Fsp3) is 0.538. The van der Waals surface area contributed by atoms with Gasteiger partial charge in [0.25, 0.3) is 0 Å². The number of hydrogen-bond acceptors (Lipinski definition) is 4. The van der Waals surface area contributed by atoms with Crippen LogP contribution in [0.2, 0.25) is 0 Å². The highest BCUT2D eigenvalue weighted by Gasteiger charge is 2.35. The predicted octanol–water partition coefficient (Wildman–Crippen LogP) is 2.22. The third-order valence-electron chi connectivity index (χ3n) is 3.11. The molecule has 0 aromatic heterocycles. The summed E-state index contributed by atoms with van der Waals surface area (Å²) in [4.78, 5) is 0. The van der Waals surface area contributed by atoms with Gasteiger partial charge < -0.3 is 19.3 Å². The van der Waals surface area contributed by atoms with Crippen molar-refractivity contribution in [2.24, 2.45) is 0 Å². The smallest absolute Gasteiger partial charge is 0.128 e. The van der Waals surface area contributed by atoms with Crippen LogP contribution in [0, 0.1) is 0 Å². The second-order valence-corrected chi connectivity index (χ2v) is 4.27. The second kappa shape index (κ2) is 4.55. The maximum absolute atomic E-state index is 9.74. The maximum atomic E-state index is 9.74. The van der Waals surface area contributed by atoms with Crippen molar-refractivity contribution in [1.82, 2.24) is 0 Å². The van der Waals surface area contributed by atoms with Crippen molar-refractivity contribution in [1.29, 1.82) is 0 Å². The topological polar surface area (TPSA) is 47.9 Å². The molecule has 0 amide bonds. The molecule has 0 spiro atoms. The molecule has 1 heterocycles. The molecule has 0 fully saturated rings. The summed E-state index contributed by atoms with van der Waals surface area (Å²) in [5.74, 6) is 1.46.